The molecule has 1 amide bonds. The topological polar surface area (TPSA) is 148 Å². The minimum atomic E-state index is -0.629. The maximum Gasteiger partial charge on any atom is 0.288 e. The molecule has 0 spiro atoms. The smallest absolute Gasteiger partial charge is 0.288 e. The van der Waals surface area contributed by atoms with Crippen LogP contribution in [0.25, 0.3) is 0 Å². The van der Waals surface area contributed by atoms with E-state index in [1.165, 1.54) is 30.3 Å². The third-order valence-electron chi connectivity index (χ3n) is 4.19. The van der Waals surface area contributed by atoms with Crippen molar-refractivity contribution in [2.45, 2.75) is 25.9 Å². The van der Waals surface area contributed by atoms with Gasteiger partial charge in [0.2, 0.25) is 0 Å². The van der Waals surface area contributed by atoms with Gasteiger partial charge in [0.25, 0.3) is 17.3 Å². The van der Waals surface area contributed by atoms with Crippen LogP contribution in [0, 0.1) is 20.2 Å². The van der Waals surface area contributed by atoms with Crippen LogP contribution in [0.3, 0.4) is 0 Å². The Morgan fingerprint density at radius 3 is 2.48 bits per heavy atom. The molecule has 0 radical (unpaired) electrons. The van der Waals surface area contributed by atoms with Crippen LogP contribution in [-0.4, -0.2) is 33.5 Å². The molecular weight excluding hydrogens is 404 g/mol. The number of hydrogen-bond donors (Lipinski definition) is 3. The molecule has 3 N–H and O–H groups in total. The lowest BCUT2D eigenvalue weighted by Gasteiger charge is -2.18. The van der Waals surface area contributed by atoms with Crippen LogP contribution in [0.15, 0.2) is 36.4 Å². The van der Waals surface area contributed by atoms with Gasteiger partial charge in [-0.1, -0.05) is 24.6 Å². The molecule has 0 bridgehead atoms. The van der Waals surface area contributed by atoms with Crippen molar-refractivity contribution in [1.29, 1.82) is 0 Å². The van der Waals surface area contributed by atoms with Gasteiger partial charge in [0.05, 0.1) is 22.0 Å². The number of nitro groups is 2. The number of anilines is 1. The number of nitrogens with zero attached hydrogens (tertiary/aromatic N) is 2. The molecule has 1 unspecified atom stereocenters. The first-order valence-electron chi connectivity index (χ1n) is 8.63. The highest BCUT2D eigenvalue weighted by atomic mass is 35.5. The van der Waals surface area contributed by atoms with E-state index in [1.54, 1.807) is 0 Å². The molecule has 1 atom stereocenters. The second kappa shape index (κ2) is 9.80. The van der Waals surface area contributed by atoms with E-state index in [-0.39, 0.29) is 41.2 Å². The first kappa shape index (κ1) is 22.1. The van der Waals surface area contributed by atoms with Crippen LogP contribution in [0.2, 0.25) is 5.02 Å². The average molecular weight is 423 g/mol. The van der Waals surface area contributed by atoms with Gasteiger partial charge in [-0.25, -0.2) is 0 Å². The Morgan fingerprint density at radius 1 is 1.17 bits per heavy atom. The van der Waals surface area contributed by atoms with Gasteiger partial charge in [0.1, 0.15) is 5.02 Å². The van der Waals surface area contributed by atoms with E-state index in [2.05, 4.69) is 10.6 Å². The molecule has 0 aliphatic rings. The molecular formula is C18H19ClN4O6. The van der Waals surface area contributed by atoms with Crippen LogP contribution in [0.1, 0.15) is 29.3 Å². The number of hydrogen-bond acceptors (Lipinski definition) is 7. The SMILES string of the molecule is CCC(CO)Nc1ccc([N+](=O)[O-])cc1C(=O)NCc1ccc(Cl)c([N+](=O)[O-])c1. The Labute approximate surface area is 170 Å². The number of nitro benzene ring substituents is 2. The van der Waals surface area contributed by atoms with Crippen LogP contribution in [0.5, 0.6) is 0 Å². The molecule has 0 aromatic heterocycles. The number of carbonyl (C=O) groups excluding carboxylic acids is 1. The Morgan fingerprint density at radius 2 is 1.90 bits per heavy atom. The number of carbonyl (C=O) groups is 1. The lowest BCUT2D eigenvalue weighted by molar-refractivity contribution is -0.385. The highest BCUT2D eigenvalue weighted by molar-refractivity contribution is 6.32. The van der Waals surface area contributed by atoms with Gasteiger partial charge in [-0.15, -0.1) is 0 Å². The van der Waals surface area contributed by atoms with E-state index >= 15 is 0 Å². The molecule has 0 aliphatic carbocycles. The second-order valence-electron chi connectivity index (χ2n) is 6.14. The number of aliphatic hydroxyl groups excluding tert-OH is 1. The summed E-state index contributed by atoms with van der Waals surface area (Å²) in [4.78, 5) is 33.5. The van der Waals surface area contributed by atoms with E-state index in [1.807, 2.05) is 6.92 Å². The Balaban J connectivity index is 2.26. The predicted molar refractivity (Wildman–Crippen MR) is 107 cm³/mol. The normalized spacial score (nSPS) is 11.6. The highest BCUT2D eigenvalue weighted by Gasteiger charge is 2.19. The molecule has 0 aliphatic heterocycles. The first-order valence-corrected chi connectivity index (χ1v) is 9.01. The number of aliphatic hydroxyl groups is 1. The number of rotatable bonds is 9. The van der Waals surface area contributed by atoms with Gasteiger partial charge < -0.3 is 15.7 Å². The molecule has 154 valence electrons. The standard InChI is InChI=1S/C18H19ClN4O6/c1-2-12(10-24)21-16-6-4-13(22(26)27)8-14(16)18(25)20-9-11-3-5-15(19)17(7-11)23(28)29/h3-8,12,21,24H,2,9-10H2,1H3,(H,20,25). The van der Waals surface area contributed by atoms with E-state index in [0.717, 1.165) is 6.07 Å². The third kappa shape index (κ3) is 5.62. The Bertz CT molecular complexity index is 933. The fourth-order valence-corrected chi connectivity index (χ4v) is 2.73. The van der Waals surface area contributed by atoms with E-state index in [4.69, 9.17) is 11.6 Å². The molecule has 2 rings (SSSR count). The van der Waals surface area contributed by atoms with Gasteiger partial charge >= 0.3 is 0 Å². The summed E-state index contributed by atoms with van der Waals surface area (Å²) in [7, 11) is 0. The zero-order valence-corrected chi connectivity index (χ0v) is 16.2. The summed E-state index contributed by atoms with van der Waals surface area (Å²) in [5.41, 5.74) is 0.242. The monoisotopic (exact) mass is 422 g/mol. The molecule has 29 heavy (non-hydrogen) atoms. The average Bonchev–Trinajstić information content (AvgIpc) is 2.70. The van der Waals surface area contributed by atoms with Crippen LogP contribution < -0.4 is 10.6 Å². The molecule has 2 aromatic rings. The van der Waals surface area contributed by atoms with Gasteiger partial charge in [-0.3, -0.25) is 25.0 Å². The van der Waals surface area contributed by atoms with Crippen molar-refractivity contribution < 1.29 is 19.7 Å². The molecule has 10 nitrogen and oxygen atoms in total. The molecule has 0 heterocycles. The highest BCUT2D eigenvalue weighted by Crippen LogP contribution is 2.26. The number of benzene rings is 2. The summed E-state index contributed by atoms with van der Waals surface area (Å²) in [6, 6.07) is 7.59. The predicted octanol–water partition coefficient (Wildman–Crippen LogP) is 3.27. The van der Waals surface area contributed by atoms with E-state index in [9.17, 15) is 30.1 Å². The lowest BCUT2D eigenvalue weighted by atomic mass is 10.1. The van der Waals surface area contributed by atoms with Gasteiger partial charge in [0, 0.05) is 36.5 Å². The summed E-state index contributed by atoms with van der Waals surface area (Å²) in [5, 5.41) is 37.0. The maximum absolute atomic E-state index is 12.7. The van der Waals surface area contributed by atoms with Crippen LogP contribution >= 0.6 is 11.6 Å². The van der Waals surface area contributed by atoms with Gasteiger partial charge in [-0.2, -0.15) is 0 Å². The summed E-state index contributed by atoms with van der Waals surface area (Å²) in [6.45, 7) is 1.62. The molecule has 2 aromatic carbocycles. The zero-order chi connectivity index (χ0) is 21.6. The zero-order valence-electron chi connectivity index (χ0n) is 15.4. The summed E-state index contributed by atoms with van der Waals surface area (Å²) < 4.78 is 0. The molecule has 11 heteroatoms. The van der Waals surface area contributed by atoms with E-state index < -0.39 is 15.8 Å². The van der Waals surface area contributed by atoms with Crippen LogP contribution in [0.4, 0.5) is 17.1 Å². The minimum Gasteiger partial charge on any atom is -0.394 e. The van der Waals surface area contributed by atoms with Crippen molar-refractivity contribution in [3.05, 3.63) is 72.8 Å². The molecule has 0 saturated heterocycles. The number of amides is 1. The van der Waals surface area contributed by atoms with Crippen molar-refractivity contribution in [2.24, 2.45) is 0 Å². The first-order chi connectivity index (χ1) is 13.8. The second-order valence-corrected chi connectivity index (χ2v) is 6.55. The van der Waals surface area contributed by atoms with E-state index in [0.29, 0.717) is 17.7 Å². The van der Waals surface area contributed by atoms with Crippen molar-refractivity contribution in [3.63, 3.8) is 0 Å². The number of non-ortho nitro benzene ring substituents is 1. The molecule has 0 fully saturated rings. The fraction of sp³-hybridized carbons (Fsp3) is 0.278. The maximum atomic E-state index is 12.7. The summed E-state index contributed by atoms with van der Waals surface area (Å²) >= 11 is 5.77. The van der Waals surface area contributed by atoms with Gasteiger partial charge in [-0.05, 0) is 24.1 Å². The Kier molecular flexibility index (Phi) is 7.46. The quantitative estimate of drug-likeness (QED) is 0.414. The molecule has 0 saturated carbocycles. The summed E-state index contributed by atoms with van der Waals surface area (Å²) in [6.07, 6.45) is 0.572. The van der Waals surface area contributed by atoms with Crippen molar-refractivity contribution in [3.8, 4) is 0 Å². The Hall–Kier alpha value is -3.24. The van der Waals surface area contributed by atoms with Crippen molar-refractivity contribution >= 4 is 34.6 Å². The summed E-state index contributed by atoms with van der Waals surface area (Å²) in [5.74, 6) is -0.610. The lowest BCUT2D eigenvalue weighted by Crippen LogP contribution is -2.27. The number of nitrogens with one attached hydrogen (secondary N) is 2. The fourth-order valence-electron chi connectivity index (χ4n) is 2.54. The van der Waals surface area contributed by atoms with Crippen LogP contribution in [-0.2, 0) is 6.54 Å². The largest absolute Gasteiger partial charge is 0.394 e. The number of halogens is 1. The minimum absolute atomic E-state index is 0.0227. The van der Waals surface area contributed by atoms with Crippen molar-refractivity contribution in [2.75, 3.05) is 11.9 Å². The third-order valence-corrected chi connectivity index (χ3v) is 4.51. The van der Waals surface area contributed by atoms with Crippen molar-refractivity contribution in [1.82, 2.24) is 5.32 Å². The van der Waals surface area contributed by atoms with Gasteiger partial charge in [0.15, 0.2) is 0 Å².